The first-order valence-corrected chi connectivity index (χ1v) is 15.7. The molecule has 4 rings (SSSR count). The monoisotopic (exact) mass is 618 g/mol. The molecule has 41 heavy (non-hydrogen) atoms. The van der Waals surface area contributed by atoms with Gasteiger partial charge >= 0.3 is 0 Å². The fraction of sp³-hybridized carbons (Fsp3) is 0.500. The minimum Gasteiger partial charge on any atom is -0.598 e. The molecular formula is C30H40Cl2N6O2S. The number of benzene rings is 1. The van der Waals surface area contributed by atoms with Crippen molar-refractivity contribution in [3.05, 3.63) is 69.7 Å². The maximum atomic E-state index is 12.6. The molecule has 2 aromatic heterocycles. The largest absolute Gasteiger partial charge is 0.598 e. The molecule has 11 heteroatoms. The summed E-state index contributed by atoms with van der Waals surface area (Å²) in [5.41, 5.74) is 2.65. The summed E-state index contributed by atoms with van der Waals surface area (Å²) in [7, 11) is 1.65. The number of hydrogen-bond acceptors (Lipinski definition) is 8. The lowest BCUT2D eigenvalue weighted by Crippen LogP contribution is -2.53. The van der Waals surface area contributed by atoms with Crippen LogP contribution in [0.5, 0.6) is 5.75 Å². The van der Waals surface area contributed by atoms with Gasteiger partial charge in [0.2, 0.25) is 0 Å². The summed E-state index contributed by atoms with van der Waals surface area (Å²) in [6.07, 6.45) is 5.85. The zero-order valence-electron chi connectivity index (χ0n) is 24.6. The Bertz CT molecular complexity index is 1310. The summed E-state index contributed by atoms with van der Waals surface area (Å²) in [6, 6.07) is 9.84. The van der Waals surface area contributed by atoms with Gasteiger partial charge < -0.3 is 19.5 Å². The van der Waals surface area contributed by atoms with E-state index in [1.807, 2.05) is 51.1 Å². The fourth-order valence-electron chi connectivity index (χ4n) is 4.67. The number of rotatable bonds is 10. The number of nitrogens with zero attached hydrogens (tertiary/aromatic N) is 4. The number of hydrogen-bond donors (Lipinski definition) is 2. The third kappa shape index (κ3) is 7.96. The minimum atomic E-state index is -1.10. The van der Waals surface area contributed by atoms with Crippen molar-refractivity contribution < 1.29 is 9.29 Å². The molecule has 1 aliphatic heterocycles. The Hall–Kier alpha value is -2.30. The van der Waals surface area contributed by atoms with Crippen molar-refractivity contribution in [1.82, 2.24) is 19.7 Å². The van der Waals surface area contributed by atoms with Crippen LogP contribution >= 0.6 is 23.2 Å². The van der Waals surface area contributed by atoms with Crippen molar-refractivity contribution in [2.24, 2.45) is 5.41 Å². The van der Waals surface area contributed by atoms with E-state index in [0.717, 1.165) is 48.6 Å². The van der Waals surface area contributed by atoms with Crippen molar-refractivity contribution in [2.45, 2.75) is 71.2 Å². The first kappa shape index (κ1) is 31.6. The van der Waals surface area contributed by atoms with Gasteiger partial charge in [-0.3, -0.25) is 4.98 Å². The number of ether oxygens (including phenoxy) is 1. The Morgan fingerprint density at radius 3 is 2.41 bits per heavy atom. The van der Waals surface area contributed by atoms with Gasteiger partial charge in [0.05, 0.1) is 30.1 Å². The summed E-state index contributed by atoms with van der Waals surface area (Å²) in [5, 5.41) is 4.21. The molecule has 1 fully saturated rings. The number of nitrogens with one attached hydrogen (secondary N) is 2. The number of aromatic nitrogens is 3. The highest BCUT2D eigenvalue weighted by Crippen LogP contribution is 2.37. The zero-order valence-corrected chi connectivity index (χ0v) is 27.0. The molecule has 0 amide bonds. The average molecular weight is 620 g/mol. The summed E-state index contributed by atoms with van der Waals surface area (Å²) in [6.45, 7) is 12.6. The Morgan fingerprint density at radius 2 is 1.80 bits per heavy atom. The third-order valence-electron chi connectivity index (χ3n) is 7.85. The molecule has 1 saturated heterocycles. The lowest BCUT2D eigenvalue weighted by molar-refractivity contribution is 0.193. The molecule has 0 bridgehead atoms. The molecule has 8 nitrogen and oxygen atoms in total. The van der Waals surface area contributed by atoms with Gasteiger partial charge in [-0.25, -0.2) is 9.97 Å². The van der Waals surface area contributed by atoms with E-state index in [1.54, 1.807) is 19.5 Å². The van der Waals surface area contributed by atoms with Crippen molar-refractivity contribution in [2.75, 3.05) is 30.4 Å². The van der Waals surface area contributed by atoms with Gasteiger partial charge in [0, 0.05) is 43.6 Å². The van der Waals surface area contributed by atoms with Crippen molar-refractivity contribution in [1.29, 1.82) is 0 Å². The normalized spacial score (nSPS) is 16.8. The van der Waals surface area contributed by atoms with Crippen molar-refractivity contribution >= 4 is 46.2 Å². The minimum absolute atomic E-state index is 0.0335. The molecule has 2 N–H and O–H groups in total. The summed E-state index contributed by atoms with van der Waals surface area (Å²) in [5.74, 6) is 2.18. The highest BCUT2D eigenvalue weighted by molar-refractivity contribution is 7.90. The number of methoxy groups -OCH3 is 1. The van der Waals surface area contributed by atoms with E-state index in [0.29, 0.717) is 34.7 Å². The smallest absolute Gasteiger partial charge is 0.153 e. The van der Waals surface area contributed by atoms with E-state index in [2.05, 4.69) is 43.7 Å². The average Bonchev–Trinajstić information content (AvgIpc) is 2.94. The summed E-state index contributed by atoms with van der Waals surface area (Å²) >= 11 is 12.2. The zero-order chi connectivity index (χ0) is 29.8. The Kier molecular flexibility index (Phi) is 10.3. The number of anilines is 2. The van der Waals surface area contributed by atoms with E-state index in [-0.39, 0.29) is 16.2 Å². The standard InChI is InChI=1S/C30H40Cl2N6O2S/c1-20(37-41(39)29(2,3)4)30(5)12-15-38(16-13-30)25-19-34-24(27(32)36-25)17-22-11-14-33-28(26(22)31)35-18-21-7-9-23(40-6)10-8-21/h7-11,14,19-20,37H,12-13,15-18H2,1-6H3,(H,33,35)/t20?,41-/m1/s1. The highest BCUT2D eigenvalue weighted by atomic mass is 35.5. The summed E-state index contributed by atoms with van der Waals surface area (Å²) in [4.78, 5) is 16.0. The Morgan fingerprint density at radius 1 is 1.12 bits per heavy atom. The number of pyridine rings is 1. The van der Waals surface area contributed by atoms with Crippen LogP contribution in [0.1, 0.15) is 64.3 Å². The molecule has 3 heterocycles. The van der Waals surface area contributed by atoms with Crippen molar-refractivity contribution in [3.63, 3.8) is 0 Å². The predicted molar refractivity (Wildman–Crippen MR) is 169 cm³/mol. The van der Waals surface area contributed by atoms with E-state index in [1.165, 1.54) is 0 Å². The Balaban J connectivity index is 1.37. The second-order valence-electron chi connectivity index (χ2n) is 11.8. The van der Waals surface area contributed by atoms with Crippen molar-refractivity contribution in [3.8, 4) is 5.75 Å². The van der Waals surface area contributed by atoms with Crippen LogP contribution in [0.2, 0.25) is 10.2 Å². The van der Waals surface area contributed by atoms with Crippen LogP contribution in [0.25, 0.3) is 0 Å². The van der Waals surface area contributed by atoms with Gasteiger partial charge in [0.1, 0.15) is 22.1 Å². The fourth-order valence-corrected chi connectivity index (χ4v) is 6.07. The van der Waals surface area contributed by atoms with E-state index >= 15 is 0 Å². The van der Waals surface area contributed by atoms with E-state index in [4.69, 9.17) is 27.9 Å². The van der Waals surface area contributed by atoms with Crippen LogP contribution in [0, 0.1) is 5.41 Å². The van der Waals surface area contributed by atoms with Gasteiger partial charge in [-0.2, -0.15) is 0 Å². The molecule has 0 spiro atoms. The van der Waals surface area contributed by atoms with Gasteiger partial charge in [-0.15, -0.1) is 4.72 Å². The molecule has 0 radical (unpaired) electrons. The van der Waals surface area contributed by atoms with Gasteiger partial charge in [-0.05, 0) is 75.3 Å². The van der Waals surface area contributed by atoms with Gasteiger partial charge in [0.15, 0.2) is 5.15 Å². The molecule has 1 unspecified atom stereocenters. The van der Waals surface area contributed by atoms with Crippen LogP contribution < -0.4 is 19.7 Å². The second kappa shape index (κ2) is 13.3. The molecule has 0 aliphatic carbocycles. The molecular weight excluding hydrogens is 579 g/mol. The molecule has 0 saturated carbocycles. The van der Waals surface area contributed by atoms with Gasteiger partial charge in [0.25, 0.3) is 0 Å². The quantitative estimate of drug-likeness (QED) is 0.251. The number of piperidine rings is 1. The van der Waals surface area contributed by atoms with Crippen LogP contribution in [-0.4, -0.2) is 50.5 Å². The lowest BCUT2D eigenvalue weighted by Gasteiger charge is -2.44. The van der Waals surface area contributed by atoms with Crippen LogP contribution in [0.15, 0.2) is 42.7 Å². The van der Waals surface area contributed by atoms with Crippen LogP contribution in [0.4, 0.5) is 11.6 Å². The Labute approximate surface area is 256 Å². The van der Waals surface area contributed by atoms with Crippen LogP contribution in [-0.2, 0) is 24.3 Å². The molecule has 1 aliphatic rings. The molecule has 2 atom stereocenters. The third-order valence-corrected chi connectivity index (χ3v) is 10.3. The summed E-state index contributed by atoms with van der Waals surface area (Å²) < 4.78 is 20.9. The number of halogens is 2. The lowest BCUT2D eigenvalue weighted by atomic mass is 9.75. The van der Waals surface area contributed by atoms with Gasteiger partial charge in [-0.1, -0.05) is 42.3 Å². The molecule has 1 aromatic carbocycles. The van der Waals surface area contributed by atoms with Crippen LogP contribution in [0.3, 0.4) is 0 Å². The van der Waals surface area contributed by atoms with E-state index in [9.17, 15) is 4.55 Å². The topological polar surface area (TPSA) is 98.3 Å². The maximum Gasteiger partial charge on any atom is 0.153 e. The van der Waals surface area contributed by atoms with E-state index < -0.39 is 11.4 Å². The maximum absolute atomic E-state index is 12.6. The highest BCUT2D eigenvalue weighted by Gasteiger charge is 2.39. The molecule has 3 aromatic rings. The first-order chi connectivity index (χ1) is 19.4. The predicted octanol–water partition coefficient (Wildman–Crippen LogP) is 6.44. The second-order valence-corrected chi connectivity index (χ2v) is 14.6. The molecule has 222 valence electrons. The SMILES string of the molecule is COc1ccc(CNc2nccc(Cc3ncc(N4CCC(C)(C(C)N[S@+]([O-])C(C)(C)C)CC4)nc3Cl)c2Cl)cc1. The first-order valence-electron chi connectivity index (χ1n) is 13.8.